The van der Waals surface area contributed by atoms with Crippen molar-refractivity contribution in [3.8, 4) is 0 Å². The van der Waals surface area contributed by atoms with E-state index >= 15 is 0 Å². The fourth-order valence-electron chi connectivity index (χ4n) is 3.20. The predicted octanol–water partition coefficient (Wildman–Crippen LogP) is -1.56. The van der Waals surface area contributed by atoms with E-state index in [1.807, 2.05) is 0 Å². The smallest absolute Gasteiger partial charge is 0.366 e. The van der Waals surface area contributed by atoms with E-state index in [2.05, 4.69) is 5.32 Å². The summed E-state index contributed by atoms with van der Waals surface area (Å²) in [6, 6.07) is 7.70. The molecule has 0 aromatic heterocycles. The summed E-state index contributed by atoms with van der Waals surface area (Å²) >= 11 is 0. The number of aliphatic hydroxyl groups excluding tert-OH is 4. The number of carbonyl (C=O) groups excluding carboxylic acids is 2. The van der Waals surface area contributed by atoms with Gasteiger partial charge in [-0.15, -0.1) is 0 Å². The van der Waals surface area contributed by atoms with Gasteiger partial charge in [0.05, 0.1) is 32.5 Å². The summed E-state index contributed by atoms with van der Waals surface area (Å²) < 4.78 is 16.2. The molecule has 1 heterocycles. The van der Waals surface area contributed by atoms with E-state index in [4.69, 9.17) is 19.3 Å². The molecule has 1 aromatic carbocycles. The van der Waals surface area contributed by atoms with Crippen LogP contribution in [-0.2, 0) is 30.4 Å². The molecule has 0 spiro atoms. The van der Waals surface area contributed by atoms with Crippen LogP contribution in [0.3, 0.4) is 0 Å². The van der Waals surface area contributed by atoms with Crippen molar-refractivity contribution in [2.75, 3.05) is 13.7 Å². The normalized spacial score (nSPS) is 29.0. The Morgan fingerprint density at radius 3 is 2.52 bits per heavy atom. The average molecular weight is 413 g/mol. The molecule has 0 aliphatic carbocycles. The Bertz CT molecular complexity index is 686. The highest BCUT2D eigenvalue weighted by atomic mass is 16.7. The molecule has 29 heavy (non-hydrogen) atoms. The Balaban J connectivity index is 2.35. The molecule has 1 aliphatic rings. The number of amides is 1. The van der Waals surface area contributed by atoms with Gasteiger partial charge >= 0.3 is 5.97 Å². The third kappa shape index (κ3) is 5.50. The molecule has 6 atom stereocenters. The molecular formula is C19H27NO9. The summed E-state index contributed by atoms with van der Waals surface area (Å²) in [5.74, 6) is -3.58. The highest BCUT2D eigenvalue weighted by molar-refractivity contribution is 5.78. The number of hydrogen-bond acceptors (Lipinski definition) is 9. The van der Waals surface area contributed by atoms with E-state index in [0.29, 0.717) is 5.56 Å². The van der Waals surface area contributed by atoms with Gasteiger partial charge in [0.1, 0.15) is 18.3 Å². The minimum absolute atomic E-state index is 0.0706. The minimum atomic E-state index is -2.10. The largest absolute Gasteiger partial charge is 0.465 e. The van der Waals surface area contributed by atoms with Crippen molar-refractivity contribution in [3.05, 3.63) is 35.9 Å². The van der Waals surface area contributed by atoms with Gasteiger partial charge < -0.3 is 40.0 Å². The van der Waals surface area contributed by atoms with Crippen LogP contribution in [0.25, 0.3) is 0 Å². The minimum Gasteiger partial charge on any atom is -0.465 e. The molecule has 10 heteroatoms. The zero-order valence-electron chi connectivity index (χ0n) is 16.2. The maximum Gasteiger partial charge on any atom is 0.366 e. The molecule has 0 bridgehead atoms. The average Bonchev–Trinajstić information content (AvgIpc) is 2.72. The van der Waals surface area contributed by atoms with Crippen LogP contribution < -0.4 is 5.32 Å². The summed E-state index contributed by atoms with van der Waals surface area (Å²) in [7, 11) is 1.11. The first-order valence-corrected chi connectivity index (χ1v) is 9.10. The fourth-order valence-corrected chi connectivity index (χ4v) is 3.20. The summed E-state index contributed by atoms with van der Waals surface area (Å²) in [4.78, 5) is 24.1. The molecule has 1 fully saturated rings. The SMILES string of the molecule is COC(=O)[C@]1(OCc2ccccc2)C[C@H](O)[C@@H](NC(C)=O)[C@H]([C@H](O)[C@H](O)CO)O1. The monoisotopic (exact) mass is 413 g/mol. The molecule has 0 unspecified atom stereocenters. The summed E-state index contributed by atoms with van der Waals surface area (Å²) in [6.07, 6.45) is -6.63. The van der Waals surface area contributed by atoms with Crippen molar-refractivity contribution < 1.29 is 44.2 Å². The van der Waals surface area contributed by atoms with Crippen LogP contribution in [0.5, 0.6) is 0 Å². The molecule has 0 saturated carbocycles. The van der Waals surface area contributed by atoms with Gasteiger partial charge in [-0.25, -0.2) is 4.79 Å². The number of methoxy groups -OCH3 is 1. The van der Waals surface area contributed by atoms with Gasteiger partial charge in [-0.3, -0.25) is 4.79 Å². The van der Waals surface area contributed by atoms with Gasteiger partial charge in [0.25, 0.3) is 5.79 Å². The predicted molar refractivity (Wildman–Crippen MR) is 98.2 cm³/mol. The summed E-state index contributed by atoms with van der Waals surface area (Å²) in [5, 5.41) is 42.5. The molecule has 162 valence electrons. The molecule has 1 aromatic rings. The van der Waals surface area contributed by atoms with E-state index in [1.54, 1.807) is 30.3 Å². The van der Waals surface area contributed by atoms with Crippen LogP contribution in [0.4, 0.5) is 0 Å². The quantitative estimate of drug-likeness (QED) is 0.318. The van der Waals surface area contributed by atoms with E-state index in [0.717, 1.165) is 7.11 Å². The van der Waals surface area contributed by atoms with E-state index in [9.17, 15) is 24.9 Å². The van der Waals surface area contributed by atoms with Crippen molar-refractivity contribution in [1.82, 2.24) is 5.32 Å². The molecule has 10 nitrogen and oxygen atoms in total. The molecule has 1 amide bonds. The highest BCUT2D eigenvalue weighted by Gasteiger charge is 2.56. The van der Waals surface area contributed by atoms with Crippen LogP contribution in [0.15, 0.2) is 30.3 Å². The van der Waals surface area contributed by atoms with E-state index in [-0.39, 0.29) is 6.61 Å². The number of benzene rings is 1. The number of ether oxygens (including phenoxy) is 3. The van der Waals surface area contributed by atoms with Crippen LogP contribution in [0.1, 0.15) is 18.9 Å². The van der Waals surface area contributed by atoms with E-state index < -0.39 is 61.1 Å². The lowest BCUT2D eigenvalue weighted by molar-refractivity contribution is -0.315. The van der Waals surface area contributed by atoms with Gasteiger partial charge in [0.2, 0.25) is 5.91 Å². The standard InChI is InChI=1S/C19H27NO9/c1-11(22)20-15-13(23)8-19(18(26)27-2,28-10-12-6-4-3-5-7-12)29-17(15)16(25)14(24)9-21/h3-7,13-17,21,23-25H,8-10H2,1-2H3,(H,20,22)/t13-,14+,15+,16+,17+,19-/m0/s1. The Hall–Kier alpha value is -2.08. The van der Waals surface area contributed by atoms with Crippen molar-refractivity contribution in [2.24, 2.45) is 0 Å². The van der Waals surface area contributed by atoms with Gasteiger partial charge in [0.15, 0.2) is 0 Å². The maximum atomic E-state index is 12.5. The summed E-state index contributed by atoms with van der Waals surface area (Å²) in [6.45, 7) is 0.325. The lowest BCUT2D eigenvalue weighted by Gasteiger charge is -2.46. The van der Waals surface area contributed by atoms with Crippen molar-refractivity contribution in [3.63, 3.8) is 0 Å². The lowest BCUT2D eigenvalue weighted by atomic mass is 9.88. The number of hydrogen-bond donors (Lipinski definition) is 5. The van der Waals surface area contributed by atoms with Crippen molar-refractivity contribution in [1.29, 1.82) is 0 Å². The number of nitrogens with one attached hydrogen (secondary N) is 1. The van der Waals surface area contributed by atoms with Crippen LogP contribution >= 0.6 is 0 Å². The number of carbonyl (C=O) groups is 2. The molecule has 1 saturated heterocycles. The zero-order chi connectivity index (χ0) is 21.6. The molecular weight excluding hydrogens is 386 g/mol. The lowest BCUT2D eigenvalue weighted by Crippen LogP contribution is -2.68. The van der Waals surface area contributed by atoms with Crippen molar-refractivity contribution in [2.45, 2.75) is 56.2 Å². The van der Waals surface area contributed by atoms with Crippen LogP contribution in [0, 0.1) is 0 Å². The van der Waals surface area contributed by atoms with Crippen molar-refractivity contribution >= 4 is 11.9 Å². The summed E-state index contributed by atoms with van der Waals surface area (Å²) in [5.41, 5.74) is 0.713. The Kier molecular flexibility index (Phi) is 8.08. The van der Waals surface area contributed by atoms with Crippen LogP contribution in [-0.4, -0.2) is 82.3 Å². The molecule has 2 rings (SSSR count). The fraction of sp³-hybridized carbons (Fsp3) is 0.579. The molecule has 5 N–H and O–H groups in total. The number of aliphatic hydroxyl groups is 4. The van der Waals surface area contributed by atoms with Gasteiger partial charge in [-0.2, -0.15) is 0 Å². The number of esters is 1. The highest BCUT2D eigenvalue weighted by Crippen LogP contribution is 2.34. The third-order valence-electron chi connectivity index (χ3n) is 4.67. The topological polar surface area (TPSA) is 155 Å². The first kappa shape index (κ1) is 23.2. The third-order valence-corrected chi connectivity index (χ3v) is 4.67. The Labute approximate surface area is 168 Å². The number of rotatable bonds is 8. The van der Waals surface area contributed by atoms with E-state index in [1.165, 1.54) is 6.92 Å². The zero-order valence-corrected chi connectivity index (χ0v) is 16.2. The second-order valence-corrected chi connectivity index (χ2v) is 6.84. The molecule has 1 aliphatic heterocycles. The van der Waals surface area contributed by atoms with Gasteiger partial charge in [-0.1, -0.05) is 30.3 Å². The van der Waals surface area contributed by atoms with Gasteiger partial charge in [0, 0.05) is 13.3 Å². The second-order valence-electron chi connectivity index (χ2n) is 6.84. The Morgan fingerprint density at radius 1 is 1.31 bits per heavy atom. The first-order chi connectivity index (χ1) is 13.7. The molecule has 0 radical (unpaired) electrons. The van der Waals surface area contributed by atoms with Crippen LogP contribution in [0.2, 0.25) is 0 Å². The second kappa shape index (κ2) is 10.1. The van der Waals surface area contributed by atoms with Gasteiger partial charge in [-0.05, 0) is 5.56 Å². The first-order valence-electron chi connectivity index (χ1n) is 9.10. The Morgan fingerprint density at radius 2 is 1.97 bits per heavy atom. The maximum absolute atomic E-state index is 12.5.